The van der Waals surface area contributed by atoms with Gasteiger partial charge in [-0.1, -0.05) is 0 Å². The van der Waals surface area contributed by atoms with Crippen LogP contribution in [0.5, 0.6) is 0 Å². The summed E-state index contributed by atoms with van der Waals surface area (Å²) in [5.41, 5.74) is 3.65. The van der Waals surface area contributed by atoms with E-state index >= 15 is 0 Å². The van der Waals surface area contributed by atoms with Crippen molar-refractivity contribution < 1.29 is 21.6 Å². The van der Waals surface area contributed by atoms with Gasteiger partial charge in [-0.2, -0.15) is 22.7 Å². The molecule has 1 heterocycles. The normalized spacial score (nSPS) is 20.0. The van der Waals surface area contributed by atoms with Crippen LogP contribution in [0.4, 0.5) is 13.2 Å². The van der Waals surface area contributed by atoms with Crippen molar-refractivity contribution in [2.75, 3.05) is 19.6 Å². The molecule has 0 radical (unpaired) electrons. The van der Waals surface area contributed by atoms with Gasteiger partial charge in [0.1, 0.15) is 0 Å². The Morgan fingerprint density at radius 1 is 1.41 bits per heavy atom. The van der Waals surface area contributed by atoms with Crippen molar-refractivity contribution in [2.45, 2.75) is 17.5 Å². The Bertz CT molecular complexity index is 710. The highest BCUT2D eigenvalue weighted by Gasteiger charge is 2.36. The van der Waals surface area contributed by atoms with Crippen LogP contribution in [0, 0.1) is 17.2 Å². The highest BCUT2D eigenvalue weighted by atomic mass is 32.2. The standard InChI is InChI=1S/C13H14F3N3O2S/c14-13(15,16)12-2-1-11(5-10(12)7-18)22(20,21)19-4-3-9(6-17)8-19/h1-2,5,9H,3-4,6,8,17H2. The predicted molar refractivity (Wildman–Crippen MR) is 72.1 cm³/mol. The van der Waals surface area contributed by atoms with Gasteiger partial charge in [0.2, 0.25) is 10.0 Å². The summed E-state index contributed by atoms with van der Waals surface area (Å²) in [6.45, 7) is 0.858. The number of hydrogen-bond donors (Lipinski definition) is 1. The molecule has 2 rings (SSSR count). The molecule has 22 heavy (non-hydrogen) atoms. The minimum atomic E-state index is -4.70. The molecule has 2 N–H and O–H groups in total. The molecule has 1 saturated heterocycles. The fourth-order valence-corrected chi connectivity index (χ4v) is 3.94. The Morgan fingerprint density at radius 3 is 2.59 bits per heavy atom. The fourth-order valence-electron chi connectivity index (χ4n) is 2.38. The van der Waals surface area contributed by atoms with Gasteiger partial charge in [-0.3, -0.25) is 0 Å². The zero-order valence-electron chi connectivity index (χ0n) is 11.5. The molecule has 120 valence electrons. The lowest BCUT2D eigenvalue weighted by atomic mass is 10.1. The van der Waals surface area contributed by atoms with E-state index in [9.17, 15) is 21.6 Å². The Morgan fingerprint density at radius 2 is 2.09 bits per heavy atom. The van der Waals surface area contributed by atoms with Crippen molar-refractivity contribution in [3.8, 4) is 6.07 Å². The first-order valence-corrected chi connectivity index (χ1v) is 7.95. The second-order valence-electron chi connectivity index (χ2n) is 5.07. The number of nitrogens with zero attached hydrogens (tertiary/aromatic N) is 2. The molecule has 5 nitrogen and oxygen atoms in total. The van der Waals surface area contributed by atoms with Crippen LogP contribution in [0.25, 0.3) is 0 Å². The van der Waals surface area contributed by atoms with Crippen LogP contribution in [0.2, 0.25) is 0 Å². The Kier molecular flexibility index (Phi) is 4.47. The zero-order chi connectivity index (χ0) is 16.5. The van der Waals surface area contributed by atoms with Crippen LogP contribution >= 0.6 is 0 Å². The summed E-state index contributed by atoms with van der Waals surface area (Å²) >= 11 is 0. The van der Waals surface area contributed by atoms with E-state index in [1.807, 2.05) is 0 Å². The first-order chi connectivity index (χ1) is 10.2. The first-order valence-electron chi connectivity index (χ1n) is 6.51. The Labute approximate surface area is 126 Å². The van der Waals surface area contributed by atoms with Gasteiger partial charge < -0.3 is 5.73 Å². The second-order valence-corrected chi connectivity index (χ2v) is 7.01. The minimum absolute atomic E-state index is 0.0414. The van der Waals surface area contributed by atoms with E-state index in [4.69, 9.17) is 11.0 Å². The average molecular weight is 333 g/mol. The molecule has 0 aliphatic carbocycles. The topological polar surface area (TPSA) is 87.2 Å². The molecule has 0 amide bonds. The van der Waals surface area contributed by atoms with Gasteiger partial charge in [0.15, 0.2) is 0 Å². The van der Waals surface area contributed by atoms with E-state index in [1.54, 1.807) is 0 Å². The third kappa shape index (κ3) is 3.09. The average Bonchev–Trinajstić information content (AvgIpc) is 2.95. The molecule has 0 spiro atoms. The Balaban J connectivity index is 2.39. The highest BCUT2D eigenvalue weighted by molar-refractivity contribution is 7.89. The van der Waals surface area contributed by atoms with Crippen molar-refractivity contribution in [3.63, 3.8) is 0 Å². The number of hydrogen-bond acceptors (Lipinski definition) is 4. The summed E-state index contributed by atoms with van der Waals surface area (Å²) in [6, 6.07) is 3.68. The van der Waals surface area contributed by atoms with E-state index in [0.717, 1.165) is 12.1 Å². The van der Waals surface area contributed by atoms with Crippen LogP contribution in [-0.2, 0) is 16.2 Å². The number of nitriles is 1. The van der Waals surface area contributed by atoms with Gasteiger partial charge in [0.25, 0.3) is 0 Å². The van der Waals surface area contributed by atoms with E-state index in [2.05, 4.69) is 0 Å². The van der Waals surface area contributed by atoms with Crippen LogP contribution < -0.4 is 5.73 Å². The van der Waals surface area contributed by atoms with Crippen LogP contribution in [0.3, 0.4) is 0 Å². The fraction of sp³-hybridized carbons (Fsp3) is 0.462. The van der Waals surface area contributed by atoms with Crippen molar-refractivity contribution in [2.24, 2.45) is 11.7 Å². The first kappa shape index (κ1) is 16.7. The van der Waals surface area contributed by atoms with E-state index in [-0.39, 0.29) is 23.9 Å². The summed E-state index contributed by atoms with van der Waals surface area (Å²) in [7, 11) is -3.92. The number of rotatable bonds is 3. The molecule has 1 aliphatic rings. The van der Waals surface area contributed by atoms with Gasteiger partial charge in [0.05, 0.1) is 22.1 Å². The summed E-state index contributed by atoms with van der Waals surface area (Å²) in [6.07, 6.45) is -4.09. The highest BCUT2D eigenvalue weighted by Crippen LogP contribution is 2.33. The molecular formula is C13H14F3N3O2S. The molecule has 9 heteroatoms. The van der Waals surface area contributed by atoms with Crippen molar-refractivity contribution in [1.82, 2.24) is 4.31 Å². The zero-order valence-corrected chi connectivity index (χ0v) is 12.3. The smallest absolute Gasteiger partial charge is 0.330 e. The lowest BCUT2D eigenvalue weighted by molar-refractivity contribution is -0.137. The maximum absolute atomic E-state index is 12.7. The number of halogens is 3. The van der Waals surface area contributed by atoms with Crippen molar-refractivity contribution in [3.05, 3.63) is 29.3 Å². The van der Waals surface area contributed by atoms with Gasteiger partial charge in [-0.05, 0) is 37.1 Å². The number of sulfonamides is 1. The lowest BCUT2D eigenvalue weighted by Gasteiger charge is -2.17. The number of alkyl halides is 3. The molecule has 1 aromatic carbocycles. The number of benzene rings is 1. The summed E-state index contributed by atoms with van der Waals surface area (Å²) in [4.78, 5) is -0.310. The van der Waals surface area contributed by atoms with Crippen LogP contribution in [0.15, 0.2) is 23.1 Å². The maximum atomic E-state index is 12.7. The van der Waals surface area contributed by atoms with Crippen LogP contribution in [-0.4, -0.2) is 32.4 Å². The van der Waals surface area contributed by atoms with Gasteiger partial charge in [0, 0.05) is 13.1 Å². The minimum Gasteiger partial charge on any atom is -0.330 e. The third-order valence-electron chi connectivity index (χ3n) is 3.64. The third-order valence-corrected chi connectivity index (χ3v) is 5.50. The summed E-state index contributed by atoms with van der Waals surface area (Å²) in [5, 5.41) is 8.84. The number of nitrogens with two attached hydrogens (primary N) is 1. The van der Waals surface area contributed by atoms with Crippen molar-refractivity contribution in [1.29, 1.82) is 5.26 Å². The van der Waals surface area contributed by atoms with Crippen molar-refractivity contribution >= 4 is 10.0 Å². The summed E-state index contributed by atoms with van der Waals surface area (Å²) in [5.74, 6) is 0.0414. The SMILES string of the molecule is N#Cc1cc(S(=O)(=O)N2CCC(CN)C2)ccc1C(F)(F)F. The lowest BCUT2D eigenvalue weighted by Crippen LogP contribution is -2.30. The largest absolute Gasteiger partial charge is 0.417 e. The monoisotopic (exact) mass is 333 g/mol. The molecule has 0 bridgehead atoms. The van der Waals surface area contributed by atoms with E-state index in [0.29, 0.717) is 19.0 Å². The van der Waals surface area contributed by atoms with Gasteiger partial charge >= 0.3 is 6.18 Å². The predicted octanol–water partition coefficient (Wildman–Crippen LogP) is 1.55. The van der Waals surface area contributed by atoms with Crippen LogP contribution in [0.1, 0.15) is 17.5 Å². The molecule has 1 fully saturated rings. The molecule has 0 saturated carbocycles. The molecule has 1 aliphatic heterocycles. The molecule has 1 atom stereocenters. The van der Waals surface area contributed by atoms with E-state index in [1.165, 1.54) is 10.4 Å². The quantitative estimate of drug-likeness (QED) is 0.909. The Hall–Kier alpha value is -1.63. The molecular weight excluding hydrogens is 319 g/mol. The molecule has 0 aromatic heterocycles. The van der Waals surface area contributed by atoms with Gasteiger partial charge in [-0.15, -0.1) is 0 Å². The second kappa shape index (κ2) is 5.87. The van der Waals surface area contributed by atoms with E-state index < -0.39 is 27.3 Å². The molecule has 1 unspecified atom stereocenters. The maximum Gasteiger partial charge on any atom is 0.417 e. The molecule has 1 aromatic rings. The summed E-state index contributed by atoms with van der Waals surface area (Å²) < 4.78 is 64.2. The van der Waals surface area contributed by atoms with Gasteiger partial charge in [-0.25, -0.2) is 8.42 Å².